The molecule has 0 spiro atoms. The van der Waals surface area contributed by atoms with Gasteiger partial charge in [0.15, 0.2) is 10.8 Å². The number of carbonyl (C=O) groups is 1. The van der Waals surface area contributed by atoms with E-state index in [-0.39, 0.29) is 4.88 Å². The monoisotopic (exact) mass is 266 g/mol. The average Bonchev–Trinajstić information content (AvgIpc) is 2.73. The third kappa shape index (κ3) is 3.78. The lowest BCUT2D eigenvalue weighted by molar-refractivity contribution is -0.137. The Balaban J connectivity index is 2.73. The molecule has 1 rings (SSSR count). The largest absolute Gasteiger partial charge is 0.443 e. The maximum Gasteiger partial charge on any atom is 0.443 e. The van der Waals surface area contributed by atoms with Crippen molar-refractivity contribution in [1.29, 1.82) is 0 Å². The van der Waals surface area contributed by atoms with Gasteiger partial charge in [0, 0.05) is 6.20 Å². The lowest BCUT2D eigenvalue weighted by Gasteiger charge is -2.07. The smallest absolute Gasteiger partial charge is 0.321 e. The summed E-state index contributed by atoms with van der Waals surface area (Å²) in [5, 5.41) is -1.01. The molecule has 1 aromatic rings. The number of halogens is 3. The van der Waals surface area contributed by atoms with Gasteiger partial charge in [-0.15, -0.1) is 11.3 Å². The summed E-state index contributed by atoms with van der Waals surface area (Å²) in [5.41, 5.74) is 5.60. The molecular weight excluding hydrogens is 253 g/mol. The van der Waals surface area contributed by atoms with Crippen molar-refractivity contribution in [3.63, 3.8) is 0 Å². The van der Waals surface area contributed by atoms with Gasteiger partial charge in [-0.2, -0.15) is 13.2 Å². The molecule has 0 aliphatic heterocycles. The van der Waals surface area contributed by atoms with E-state index in [0.29, 0.717) is 17.8 Å². The predicted octanol–water partition coefficient (Wildman–Crippen LogP) is 2.86. The number of alkyl halides is 3. The van der Waals surface area contributed by atoms with E-state index in [9.17, 15) is 18.0 Å². The van der Waals surface area contributed by atoms with Crippen LogP contribution in [0.5, 0.6) is 0 Å². The summed E-state index contributed by atoms with van der Waals surface area (Å²) in [7, 11) is 0. The van der Waals surface area contributed by atoms with Gasteiger partial charge in [-0.25, -0.2) is 4.98 Å². The number of thiazole rings is 1. The van der Waals surface area contributed by atoms with Gasteiger partial charge < -0.3 is 5.73 Å². The number of ketones is 1. The number of hydrogen-bond donors (Lipinski definition) is 1. The number of nitrogens with two attached hydrogens (primary N) is 1. The molecule has 0 bridgehead atoms. The number of nitrogens with zero attached hydrogens (tertiary/aromatic N) is 1. The Morgan fingerprint density at radius 1 is 1.59 bits per heavy atom. The van der Waals surface area contributed by atoms with Crippen LogP contribution in [0.4, 0.5) is 13.2 Å². The lowest BCUT2D eigenvalue weighted by atomic mass is 10.1. The zero-order valence-electron chi connectivity index (χ0n) is 9.25. The Kier molecular flexibility index (Phi) is 4.64. The van der Waals surface area contributed by atoms with Crippen molar-refractivity contribution in [1.82, 2.24) is 4.98 Å². The van der Waals surface area contributed by atoms with Crippen molar-refractivity contribution < 1.29 is 18.0 Å². The summed E-state index contributed by atoms with van der Waals surface area (Å²) < 4.78 is 36.8. The molecule has 0 aliphatic carbocycles. The molecule has 17 heavy (non-hydrogen) atoms. The fourth-order valence-corrected chi connectivity index (χ4v) is 2.04. The van der Waals surface area contributed by atoms with Gasteiger partial charge in [-0.05, 0) is 6.42 Å². The van der Waals surface area contributed by atoms with Crippen LogP contribution in [-0.2, 0) is 6.18 Å². The van der Waals surface area contributed by atoms with E-state index in [1.165, 1.54) is 0 Å². The molecule has 0 aliphatic rings. The van der Waals surface area contributed by atoms with Crippen molar-refractivity contribution in [2.75, 3.05) is 0 Å². The quantitative estimate of drug-likeness (QED) is 0.834. The summed E-state index contributed by atoms with van der Waals surface area (Å²) in [6, 6.07) is -0.739. The Labute approximate surface area is 101 Å². The fourth-order valence-electron chi connectivity index (χ4n) is 1.26. The zero-order chi connectivity index (χ0) is 13.1. The normalized spacial score (nSPS) is 13.7. The highest BCUT2D eigenvalue weighted by molar-refractivity contribution is 7.13. The first-order chi connectivity index (χ1) is 7.86. The molecule has 1 atom stereocenters. The van der Waals surface area contributed by atoms with E-state index < -0.39 is 23.0 Å². The van der Waals surface area contributed by atoms with Gasteiger partial charge in [0.05, 0.1) is 10.9 Å². The molecular formula is C10H13F3N2OS. The second-order valence-electron chi connectivity index (χ2n) is 3.64. The van der Waals surface area contributed by atoms with Crippen molar-refractivity contribution in [3.8, 4) is 0 Å². The SMILES string of the molecule is CCCCC(N)C(=O)c1cnc(C(F)(F)F)s1. The number of aromatic nitrogens is 1. The van der Waals surface area contributed by atoms with Gasteiger partial charge in [0.2, 0.25) is 0 Å². The Morgan fingerprint density at radius 2 is 2.24 bits per heavy atom. The van der Waals surface area contributed by atoms with Gasteiger partial charge in [-0.1, -0.05) is 19.8 Å². The molecule has 1 heterocycles. The highest BCUT2D eigenvalue weighted by Crippen LogP contribution is 2.32. The standard InChI is InChI=1S/C10H13F3N2OS/c1-2-3-4-6(14)8(16)7-5-15-9(17-7)10(11,12)13/h5-6H,2-4,14H2,1H3. The van der Waals surface area contributed by atoms with E-state index in [4.69, 9.17) is 5.73 Å². The number of unbranched alkanes of at least 4 members (excludes halogenated alkanes) is 1. The van der Waals surface area contributed by atoms with Gasteiger partial charge in [0.1, 0.15) is 0 Å². The molecule has 96 valence electrons. The van der Waals surface area contributed by atoms with Crippen LogP contribution in [0.25, 0.3) is 0 Å². The van der Waals surface area contributed by atoms with Crippen LogP contribution in [0.15, 0.2) is 6.20 Å². The van der Waals surface area contributed by atoms with Crippen LogP contribution in [0.1, 0.15) is 40.9 Å². The van der Waals surface area contributed by atoms with Gasteiger partial charge >= 0.3 is 6.18 Å². The van der Waals surface area contributed by atoms with Crippen molar-refractivity contribution in [2.24, 2.45) is 5.73 Å². The van der Waals surface area contributed by atoms with Crippen LogP contribution in [0.2, 0.25) is 0 Å². The minimum Gasteiger partial charge on any atom is -0.321 e. The summed E-state index contributed by atoms with van der Waals surface area (Å²) in [6.45, 7) is 1.95. The van der Waals surface area contributed by atoms with E-state index in [1.54, 1.807) is 0 Å². The second kappa shape index (κ2) is 5.59. The van der Waals surface area contributed by atoms with E-state index in [2.05, 4.69) is 4.98 Å². The lowest BCUT2D eigenvalue weighted by Crippen LogP contribution is -2.29. The maximum atomic E-state index is 12.3. The molecule has 1 aromatic heterocycles. The van der Waals surface area contributed by atoms with Crippen LogP contribution in [0.3, 0.4) is 0 Å². The summed E-state index contributed by atoms with van der Waals surface area (Å²) in [4.78, 5) is 14.8. The first-order valence-corrected chi connectivity index (χ1v) is 6.00. The van der Waals surface area contributed by atoms with E-state index >= 15 is 0 Å². The van der Waals surface area contributed by atoms with Crippen molar-refractivity contribution >= 4 is 17.1 Å². The average molecular weight is 266 g/mol. The first-order valence-electron chi connectivity index (χ1n) is 5.19. The Morgan fingerprint density at radius 3 is 2.71 bits per heavy atom. The topological polar surface area (TPSA) is 56.0 Å². The maximum absolute atomic E-state index is 12.3. The molecule has 0 fully saturated rings. The summed E-state index contributed by atoms with van der Waals surface area (Å²) in [5.74, 6) is -0.466. The number of rotatable bonds is 5. The predicted molar refractivity (Wildman–Crippen MR) is 58.9 cm³/mol. The van der Waals surface area contributed by atoms with Crippen LogP contribution in [0, 0.1) is 0 Å². The summed E-state index contributed by atoms with van der Waals surface area (Å²) in [6.07, 6.45) is -1.41. The third-order valence-corrected chi connectivity index (χ3v) is 3.25. The molecule has 2 N–H and O–H groups in total. The first kappa shape index (κ1) is 14.1. The van der Waals surface area contributed by atoms with Crippen molar-refractivity contribution in [2.45, 2.75) is 38.4 Å². The third-order valence-electron chi connectivity index (χ3n) is 2.20. The van der Waals surface area contributed by atoms with Crippen molar-refractivity contribution in [3.05, 3.63) is 16.1 Å². The number of Topliss-reactive ketones (excluding diaryl/α,β-unsaturated/α-hetero) is 1. The molecule has 0 amide bonds. The zero-order valence-corrected chi connectivity index (χ0v) is 10.1. The molecule has 0 radical (unpaired) electrons. The molecule has 3 nitrogen and oxygen atoms in total. The van der Waals surface area contributed by atoms with E-state index in [1.807, 2.05) is 6.92 Å². The van der Waals surface area contributed by atoms with Crippen LogP contribution >= 0.6 is 11.3 Å². The minimum atomic E-state index is -4.50. The highest BCUT2D eigenvalue weighted by Gasteiger charge is 2.35. The fraction of sp³-hybridized carbons (Fsp3) is 0.600. The molecule has 7 heteroatoms. The number of hydrogen-bond acceptors (Lipinski definition) is 4. The van der Waals surface area contributed by atoms with Crippen LogP contribution in [-0.4, -0.2) is 16.8 Å². The molecule has 0 saturated carbocycles. The van der Waals surface area contributed by atoms with Gasteiger partial charge in [0.25, 0.3) is 0 Å². The number of carbonyl (C=O) groups excluding carboxylic acids is 1. The Hall–Kier alpha value is -0.950. The highest BCUT2D eigenvalue weighted by atomic mass is 32.1. The molecule has 0 saturated heterocycles. The van der Waals surface area contributed by atoms with Crippen LogP contribution < -0.4 is 5.73 Å². The minimum absolute atomic E-state index is 0.0269. The summed E-state index contributed by atoms with van der Waals surface area (Å²) >= 11 is 0.344. The van der Waals surface area contributed by atoms with Gasteiger partial charge in [-0.3, -0.25) is 4.79 Å². The molecule has 1 unspecified atom stereocenters. The van der Waals surface area contributed by atoms with E-state index in [0.717, 1.165) is 19.0 Å². The second-order valence-corrected chi connectivity index (χ2v) is 4.67. The Bertz CT molecular complexity index is 389. The molecule has 0 aromatic carbocycles.